The third-order valence-electron chi connectivity index (χ3n) is 6.91. The molecule has 5 rings (SSSR count). The molecule has 7 heteroatoms. The Morgan fingerprint density at radius 3 is 2.60 bits per heavy atom. The van der Waals surface area contributed by atoms with Gasteiger partial charge >= 0.3 is 0 Å². The van der Waals surface area contributed by atoms with Crippen molar-refractivity contribution in [3.63, 3.8) is 0 Å². The lowest BCUT2D eigenvalue weighted by molar-refractivity contribution is 0.154. The molecule has 1 N–H and O–H groups in total. The second-order valence-corrected chi connectivity index (χ2v) is 9.17. The van der Waals surface area contributed by atoms with Gasteiger partial charge in [-0.1, -0.05) is 0 Å². The zero-order valence-corrected chi connectivity index (χ0v) is 18.0. The summed E-state index contributed by atoms with van der Waals surface area (Å²) in [7, 11) is 0. The van der Waals surface area contributed by atoms with E-state index in [-0.39, 0.29) is 0 Å². The maximum atomic E-state index is 4.89. The molecular formula is C23H31N7. The number of pyridine rings is 1. The molecule has 2 saturated heterocycles. The van der Waals surface area contributed by atoms with Crippen molar-refractivity contribution in [2.24, 2.45) is 5.41 Å². The quantitative estimate of drug-likeness (QED) is 0.718. The van der Waals surface area contributed by atoms with Gasteiger partial charge in [-0.15, -0.1) is 0 Å². The first-order valence-electron chi connectivity index (χ1n) is 11.2. The Balaban J connectivity index is 1.31. The Hall–Kier alpha value is -2.54. The van der Waals surface area contributed by atoms with Gasteiger partial charge in [0.25, 0.3) is 0 Å². The molecule has 30 heavy (non-hydrogen) atoms. The molecular weight excluding hydrogens is 374 g/mol. The monoisotopic (exact) mass is 405 g/mol. The fourth-order valence-corrected chi connectivity index (χ4v) is 4.94. The van der Waals surface area contributed by atoms with Crippen molar-refractivity contribution in [3.8, 4) is 0 Å². The van der Waals surface area contributed by atoms with Gasteiger partial charge in [-0.05, 0) is 70.2 Å². The largest absolute Gasteiger partial charge is 0.341 e. The highest BCUT2D eigenvalue weighted by Crippen LogP contribution is 2.40. The molecule has 0 bridgehead atoms. The molecule has 0 aliphatic carbocycles. The molecule has 3 aromatic rings. The Morgan fingerprint density at radius 1 is 1.03 bits per heavy atom. The van der Waals surface area contributed by atoms with Crippen LogP contribution in [0.5, 0.6) is 0 Å². The SMILES string of the molecule is CC(C)n1cnc2cnc(Cc3ccnc(N4CCC5(CCNCC5)CC4)n3)cc21. The summed E-state index contributed by atoms with van der Waals surface area (Å²) in [4.78, 5) is 20.9. The fourth-order valence-electron chi connectivity index (χ4n) is 4.94. The van der Waals surface area contributed by atoms with Crippen LogP contribution in [0.4, 0.5) is 5.95 Å². The van der Waals surface area contributed by atoms with E-state index < -0.39 is 0 Å². The Morgan fingerprint density at radius 2 is 1.83 bits per heavy atom. The zero-order valence-electron chi connectivity index (χ0n) is 18.0. The molecule has 2 fully saturated rings. The molecule has 7 nitrogen and oxygen atoms in total. The maximum absolute atomic E-state index is 4.89. The van der Waals surface area contributed by atoms with E-state index in [0.29, 0.717) is 17.9 Å². The summed E-state index contributed by atoms with van der Waals surface area (Å²) in [5, 5.41) is 3.50. The van der Waals surface area contributed by atoms with Gasteiger partial charge in [0.2, 0.25) is 5.95 Å². The van der Waals surface area contributed by atoms with Crippen LogP contribution >= 0.6 is 0 Å². The number of aromatic nitrogens is 5. The average Bonchev–Trinajstić information content (AvgIpc) is 3.19. The first-order chi connectivity index (χ1) is 14.6. The number of hydrogen-bond acceptors (Lipinski definition) is 6. The predicted octanol–water partition coefficient (Wildman–Crippen LogP) is 3.36. The van der Waals surface area contributed by atoms with Gasteiger partial charge in [-0.2, -0.15) is 0 Å². The molecule has 0 atom stereocenters. The summed E-state index contributed by atoms with van der Waals surface area (Å²) in [6.45, 7) is 8.79. The number of rotatable bonds is 4. The maximum Gasteiger partial charge on any atom is 0.225 e. The highest BCUT2D eigenvalue weighted by atomic mass is 15.3. The van der Waals surface area contributed by atoms with Gasteiger partial charge in [0.05, 0.1) is 23.7 Å². The smallest absolute Gasteiger partial charge is 0.225 e. The van der Waals surface area contributed by atoms with Crippen LogP contribution in [0, 0.1) is 5.41 Å². The number of nitrogens with zero attached hydrogens (tertiary/aromatic N) is 6. The molecule has 0 saturated carbocycles. The van der Waals surface area contributed by atoms with E-state index in [2.05, 4.69) is 49.6 Å². The lowest BCUT2D eigenvalue weighted by Gasteiger charge is -2.44. The van der Waals surface area contributed by atoms with Crippen molar-refractivity contribution in [1.29, 1.82) is 0 Å². The number of hydrogen-bond donors (Lipinski definition) is 1. The lowest BCUT2D eigenvalue weighted by Crippen LogP contribution is -2.46. The number of piperidine rings is 2. The van der Waals surface area contributed by atoms with Crippen LogP contribution in [0.25, 0.3) is 11.0 Å². The minimum Gasteiger partial charge on any atom is -0.341 e. The molecule has 0 amide bonds. The molecule has 0 aromatic carbocycles. The molecule has 1 spiro atoms. The number of imidazole rings is 1. The van der Waals surface area contributed by atoms with E-state index in [1.165, 1.54) is 38.8 Å². The van der Waals surface area contributed by atoms with Crippen molar-refractivity contribution < 1.29 is 0 Å². The second-order valence-electron chi connectivity index (χ2n) is 9.17. The van der Waals surface area contributed by atoms with E-state index in [1.54, 1.807) is 0 Å². The molecule has 3 aromatic heterocycles. The van der Waals surface area contributed by atoms with Crippen LogP contribution in [-0.2, 0) is 6.42 Å². The van der Waals surface area contributed by atoms with Crippen molar-refractivity contribution in [3.05, 3.63) is 42.2 Å². The van der Waals surface area contributed by atoms with Gasteiger partial charge in [0.1, 0.15) is 5.52 Å². The van der Waals surface area contributed by atoms with Crippen LogP contribution in [0.3, 0.4) is 0 Å². The Bertz CT molecular complexity index is 1010. The number of fused-ring (bicyclic) bond motifs is 1. The number of nitrogens with one attached hydrogen (secondary N) is 1. The minimum absolute atomic E-state index is 0.373. The van der Waals surface area contributed by atoms with E-state index in [1.807, 2.05) is 24.8 Å². The fraction of sp³-hybridized carbons (Fsp3) is 0.565. The molecule has 5 heterocycles. The van der Waals surface area contributed by atoms with Crippen LogP contribution in [-0.4, -0.2) is 50.7 Å². The zero-order chi connectivity index (χ0) is 20.6. The van der Waals surface area contributed by atoms with Gasteiger partial charge in [-0.25, -0.2) is 15.0 Å². The molecule has 2 aliphatic heterocycles. The van der Waals surface area contributed by atoms with Crippen molar-refractivity contribution >= 4 is 17.0 Å². The van der Waals surface area contributed by atoms with E-state index >= 15 is 0 Å². The average molecular weight is 406 g/mol. The summed E-state index contributed by atoms with van der Waals surface area (Å²) in [5.74, 6) is 0.865. The highest BCUT2D eigenvalue weighted by Gasteiger charge is 2.36. The summed E-state index contributed by atoms with van der Waals surface area (Å²) in [6, 6.07) is 4.53. The second kappa shape index (κ2) is 7.95. The van der Waals surface area contributed by atoms with E-state index in [4.69, 9.17) is 4.98 Å². The normalized spacial score (nSPS) is 19.1. The standard InChI is InChI=1S/C23H31N7/c1-17(2)30-16-27-20-15-26-19(14-21(20)30)13-18-3-8-25-22(28-18)29-11-6-23(7-12-29)4-9-24-10-5-23/h3,8,14-17,24H,4-7,9-13H2,1-2H3. The summed E-state index contributed by atoms with van der Waals surface area (Å²) in [6.07, 6.45) is 11.5. The van der Waals surface area contributed by atoms with E-state index in [9.17, 15) is 0 Å². The summed E-state index contributed by atoms with van der Waals surface area (Å²) >= 11 is 0. The van der Waals surface area contributed by atoms with Crippen molar-refractivity contribution in [1.82, 2.24) is 29.8 Å². The highest BCUT2D eigenvalue weighted by molar-refractivity contribution is 5.74. The van der Waals surface area contributed by atoms with Gasteiger partial charge in [0, 0.05) is 37.4 Å². The molecule has 0 radical (unpaired) electrons. The van der Waals surface area contributed by atoms with Crippen LogP contribution in [0.2, 0.25) is 0 Å². The van der Waals surface area contributed by atoms with Crippen molar-refractivity contribution in [2.75, 3.05) is 31.1 Å². The lowest BCUT2D eigenvalue weighted by atomic mass is 9.72. The van der Waals surface area contributed by atoms with Crippen LogP contribution in [0.1, 0.15) is 57.0 Å². The predicted molar refractivity (Wildman–Crippen MR) is 119 cm³/mol. The molecule has 158 valence electrons. The van der Waals surface area contributed by atoms with Gasteiger partial charge in [0.15, 0.2) is 0 Å². The van der Waals surface area contributed by atoms with Crippen LogP contribution in [0.15, 0.2) is 30.9 Å². The van der Waals surface area contributed by atoms with Gasteiger partial charge in [-0.3, -0.25) is 4.98 Å². The third kappa shape index (κ3) is 3.78. The summed E-state index contributed by atoms with van der Waals surface area (Å²) < 4.78 is 2.19. The minimum atomic E-state index is 0.373. The van der Waals surface area contributed by atoms with Gasteiger partial charge < -0.3 is 14.8 Å². The molecule has 0 unspecified atom stereocenters. The summed E-state index contributed by atoms with van der Waals surface area (Å²) in [5.41, 5.74) is 4.65. The molecule has 2 aliphatic rings. The first-order valence-corrected chi connectivity index (χ1v) is 11.2. The topological polar surface area (TPSA) is 71.8 Å². The van der Waals surface area contributed by atoms with Crippen molar-refractivity contribution in [2.45, 2.75) is 52.0 Å². The Labute approximate surface area is 178 Å². The van der Waals surface area contributed by atoms with Crippen LogP contribution < -0.4 is 10.2 Å². The third-order valence-corrected chi connectivity index (χ3v) is 6.91. The number of anilines is 1. The van der Waals surface area contributed by atoms with E-state index in [0.717, 1.165) is 41.5 Å². The Kier molecular flexibility index (Phi) is 5.15. The first kappa shape index (κ1) is 19.4.